The Hall–Kier alpha value is -1.98. The summed E-state index contributed by atoms with van der Waals surface area (Å²) in [4.78, 5) is 17.8. The van der Waals surface area contributed by atoms with Gasteiger partial charge in [0.25, 0.3) is 0 Å². The largest absolute Gasteiger partial charge is 0.453 e. The summed E-state index contributed by atoms with van der Waals surface area (Å²) in [5.74, 6) is 0.897. The predicted molar refractivity (Wildman–Crippen MR) is 79.2 cm³/mol. The van der Waals surface area contributed by atoms with Crippen LogP contribution in [0.25, 0.3) is 0 Å². The van der Waals surface area contributed by atoms with Crippen molar-refractivity contribution >= 4 is 17.6 Å². The van der Waals surface area contributed by atoms with Crippen LogP contribution in [0, 0.1) is 0 Å². The second kappa shape index (κ2) is 6.98. The minimum atomic E-state index is -0.364. The second-order valence-electron chi connectivity index (χ2n) is 4.89. The van der Waals surface area contributed by atoms with Crippen LogP contribution in [-0.2, 0) is 4.74 Å². The van der Waals surface area contributed by atoms with Gasteiger partial charge in [0.2, 0.25) is 0 Å². The van der Waals surface area contributed by atoms with Gasteiger partial charge in [-0.1, -0.05) is 6.92 Å². The number of amides is 1. The van der Waals surface area contributed by atoms with E-state index in [9.17, 15) is 4.79 Å². The molecule has 1 amide bonds. The molecular weight excluding hydrogens is 256 g/mol. The third-order valence-electron chi connectivity index (χ3n) is 3.36. The molecule has 1 saturated heterocycles. The molecular formula is C14H22N4O2. The predicted octanol–water partition coefficient (Wildman–Crippen LogP) is 1.84. The zero-order valence-electron chi connectivity index (χ0n) is 12.1. The van der Waals surface area contributed by atoms with E-state index in [1.165, 1.54) is 7.11 Å². The fourth-order valence-electron chi connectivity index (χ4n) is 2.30. The standard InChI is InChI=1S/C14H22N4O2/c1-3-6-15-13-9-12(4-7-16-13)18-8-5-11(10-18)17-14(19)20-2/h4,7,9,11H,3,5-6,8,10H2,1-2H3,(H,15,16)(H,17,19). The van der Waals surface area contributed by atoms with Crippen LogP contribution in [0.15, 0.2) is 18.3 Å². The molecule has 2 rings (SSSR count). The van der Waals surface area contributed by atoms with Crippen LogP contribution in [0.2, 0.25) is 0 Å². The maximum absolute atomic E-state index is 11.2. The second-order valence-corrected chi connectivity index (χ2v) is 4.89. The Morgan fingerprint density at radius 3 is 3.20 bits per heavy atom. The Kier molecular flexibility index (Phi) is 5.03. The molecule has 6 nitrogen and oxygen atoms in total. The van der Waals surface area contributed by atoms with Crippen molar-refractivity contribution in [3.8, 4) is 0 Å². The lowest BCUT2D eigenvalue weighted by atomic mass is 10.3. The Morgan fingerprint density at radius 1 is 1.60 bits per heavy atom. The average Bonchev–Trinajstić information content (AvgIpc) is 2.93. The van der Waals surface area contributed by atoms with Crippen molar-refractivity contribution in [2.75, 3.05) is 37.0 Å². The van der Waals surface area contributed by atoms with E-state index < -0.39 is 0 Å². The summed E-state index contributed by atoms with van der Waals surface area (Å²) in [5, 5.41) is 6.13. The molecule has 0 bridgehead atoms. The summed E-state index contributed by atoms with van der Waals surface area (Å²) in [6.45, 7) is 4.77. The van der Waals surface area contributed by atoms with Crippen LogP contribution in [0.4, 0.5) is 16.3 Å². The first-order chi connectivity index (χ1) is 9.72. The molecule has 0 radical (unpaired) electrons. The normalized spacial score (nSPS) is 17.9. The van der Waals surface area contributed by atoms with Gasteiger partial charge < -0.3 is 20.3 Å². The maximum atomic E-state index is 11.2. The first-order valence-electron chi connectivity index (χ1n) is 7.02. The van der Waals surface area contributed by atoms with E-state index in [4.69, 9.17) is 0 Å². The number of nitrogens with zero attached hydrogens (tertiary/aromatic N) is 2. The van der Waals surface area contributed by atoms with Crippen LogP contribution in [0.5, 0.6) is 0 Å². The minimum absolute atomic E-state index is 0.141. The highest BCUT2D eigenvalue weighted by Crippen LogP contribution is 2.22. The van der Waals surface area contributed by atoms with Gasteiger partial charge >= 0.3 is 6.09 Å². The number of alkyl carbamates (subject to hydrolysis) is 1. The molecule has 1 aromatic heterocycles. The molecule has 110 valence electrons. The molecule has 0 aromatic carbocycles. The van der Waals surface area contributed by atoms with Gasteiger partial charge in [-0.05, 0) is 18.9 Å². The first kappa shape index (κ1) is 14.4. The monoisotopic (exact) mass is 278 g/mol. The summed E-state index contributed by atoms with van der Waals surface area (Å²) in [6.07, 6.45) is 3.45. The first-order valence-corrected chi connectivity index (χ1v) is 7.02. The fraction of sp³-hybridized carbons (Fsp3) is 0.571. The molecule has 0 saturated carbocycles. The maximum Gasteiger partial charge on any atom is 0.407 e. The summed E-state index contributed by atoms with van der Waals surface area (Å²) in [5.41, 5.74) is 1.13. The van der Waals surface area contributed by atoms with Crippen LogP contribution < -0.4 is 15.5 Å². The Morgan fingerprint density at radius 2 is 2.45 bits per heavy atom. The van der Waals surface area contributed by atoms with Gasteiger partial charge in [0.1, 0.15) is 5.82 Å². The number of ether oxygens (including phenoxy) is 1. The number of aromatic nitrogens is 1. The number of nitrogens with one attached hydrogen (secondary N) is 2. The van der Waals surface area contributed by atoms with E-state index in [0.29, 0.717) is 0 Å². The van der Waals surface area contributed by atoms with E-state index >= 15 is 0 Å². The van der Waals surface area contributed by atoms with Crippen molar-refractivity contribution < 1.29 is 9.53 Å². The topological polar surface area (TPSA) is 66.5 Å². The van der Waals surface area contributed by atoms with Crippen LogP contribution in [-0.4, -0.2) is 43.9 Å². The van der Waals surface area contributed by atoms with Crippen LogP contribution in [0.3, 0.4) is 0 Å². The summed E-state index contributed by atoms with van der Waals surface area (Å²) in [7, 11) is 1.39. The summed E-state index contributed by atoms with van der Waals surface area (Å²) in [6, 6.07) is 4.19. The highest BCUT2D eigenvalue weighted by Gasteiger charge is 2.24. The Bertz CT molecular complexity index is 453. The zero-order valence-corrected chi connectivity index (χ0v) is 12.1. The molecule has 0 spiro atoms. The number of methoxy groups -OCH3 is 1. The summed E-state index contributed by atoms with van der Waals surface area (Å²) < 4.78 is 4.63. The van der Waals surface area contributed by atoms with Gasteiger partial charge in [0.05, 0.1) is 13.2 Å². The highest BCUT2D eigenvalue weighted by molar-refractivity contribution is 5.67. The van der Waals surface area contributed by atoms with Gasteiger partial charge in [-0.25, -0.2) is 9.78 Å². The summed E-state index contributed by atoms with van der Waals surface area (Å²) >= 11 is 0. The molecule has 1 aromatic rings. The molecule has 2 heterocycles. The molecule has 1 aliphatic heterocycles. The van der Waals surface area contributed by atoms with Gasteiger partial charge in [0.15, 0.2) is 0 Å². The smallest absolute Gasteiger partial charge is 0.407 e. The molecule has 6 heteroatoms. The lowest BCUT2D eigenvalue weighted by molar-refractivity contribution is 0.167. The number of hydrogen-bond acceptors (Lipinski definition) is 5. The van der Waals surface area contributed by atoms with Gasteiger partial charge in [-0.15, -0.1) is 0 Å². The molecule has 0 aliphatic carbocycles. The number of anilines is 2. The average molecular weight is 278 g/mol. The van der Waals surface area contributed by atoms with Crippen molar-refractivity contribution in [1.82, 2.24) is 10.3 Å². The number of pyridine rings is 1. The lowest BCUT2D eigenvalue weighted by Crippen LogP contribution is -2.36. The molecule has 1 atom stereocenters. The van der Waals surface area contributed by atoms with E-state index in [0.717, 1.165) is 44.0 Å². The third-order valence-corrected chi connectivity index (χ3v) is 3.36. The number of carbonyl (C=O) groups is 1. The fourth-order valence-corrected chi connectivity index (χ4v) is 2.30. The highest BCUT2D eigenvalue weighted by atomic mass is 16.5. The lowest BCUT2D eigenvalue weighted by Gasteiger charge is -2.19. The van der Waals surface area contributed by atoms with E-state index in [1.54, 1.807) is 0 Å². The quantitative estimate of drug-likeness (QED) is 0.860. The van der Waals surface area contributed by atoms with E-state index in [2.05, 4.69) is 38.2 Å². The van der Waals surface area contributed by atoms with Crippen molar-refractivity contribution in [2.45, 2.75) is 25.8 Å². The molecule has 20 heavy (non-hydrogen) atoms. The Balaban J connectivity index is 1.93. The molecule has 2 N–H and O–H groups in total. The number of hydrogen-bond donors (Lipinski definition) is 2. The van der Waals surface area contributed by atoms with Crippen molar-refractivity contribution in [2.24, 2.45) is 0 Å². The molecule has 1 aliphatic rings. The van der Waals surface area contributed by atoms with Gasteiger partial charge in [0, 0.05) is 37.6 Å². The molecule has 1 unspecified atom stereocenters. The van der Waals surface area contributed by atoms with Crippen molar-refractivity contribution in [3.63, 3.8) is 0 Å². The number of rotatable bonds is 5. The minimum Gasteiger partial charge on any atom is -0.453 e. The van der Waals surface area contributed by atoms with E-state index in [1.807, 2.05) is 12.3 Å². The number of carbonyl (C=O) groups excluding carboxylic acids is 1. The third kappa shape index (κ3) is 3.76. The zero-order chi connectivity index (χ0) is 14.4. The van der Waals surface area contributed by atoms with Gasteiger partial charge in [-0.2, -0.15) is 0 Å². The van der Waals surface area contributed by atoms with Crippen LogP contribution in [0.1, 0.15) is 19.8 Å². The van der Waals surface area contributed by atoms with Crippen molar-refractivity contribution in [1.29, 1.82) is 0 Å². The van der Waals surface area contributed by atoms with Crippen LogP contribution >= 0.6 is 0 Å². The SMILES string of the molecule is CCCNc1cc(N2CCC(NC(=O)OC)C2)ccn1. The molecule has 1 fully saturated rings. The van der Waals surface area contributed by atoms with Gasteiger partial charge in [-0.3, -0.25) is 0 Å². The van der Waals surface area contributed by atoms with Crippen molar-refractivity contribution in [3.05, 3.63) is 18.3 Å². The van der Waals surface area contributed by atoms with E-state index in [-0.39, 0.29) is 12.1 Å². The Labute approximate surface area is 119 Å².